The molecule has 2 aromatic carbocycles. The molecule has 1 atom stereocenters. The van der Waals surface area contributed by atoms with Gasteiger partial charge in [-0.2, -0.15) is 0 Å². The summed E-state index contributed by atoms with van der Waals surface area (Å²) in [6.07, 6.45) is 8.36. The van der Waals surface area contributed by atoms with Crippen molar-refractivity contribution in [3.05, 3.63) is 71.4 Å². The molecule has 1 aromatic heterocycles. The summed E-state index contributed by atoms with van der Waals surface area (Å²) in [6.45, 7) is 0.406. The standard InChI is InChI=1S/C26H27NO2/c28-26-21(15-18-5-1-2-6-18)10-9-19-12-14-23(16-24(19)26)29-17-22-13-11-20-7-3-4-8-25(20)27-22/h3-4,7-8,11-14,16,18,21H,1-2,5-6,9-10,15,17H2. The van der Waals surface area contributed by atoms with Crippen LogP contribution < -0.4 is 4.74 Å². The van der Waals surface area contributed by atoms with Gasteiger partial charge in [-0.1, -0.05) is 56.0 Å². The Morgan fingerprint density at radius 2 is 1.83 bits per heavy atom. The van der Waals surface area contributed by atoms with Crippen LogP contribution in [0.15, 0.2) is 54.6 Å². The topological polar surface area (TPSA) is 39.2 Å². The number of pyridine rings is 1. The molecular formula is C26H27NO2. The van der Waals surface area contributed by atoms with Crippen LogP contribution in [0.4, 0.5) is 0 Å². The number of hydrogen-bond donors (Lipinski definition) is 0. The van der Waals surface area contributed by atoms with Gasteiger partial charge in [0.2, 0.25) is 0 Å². The third kappa shape index (κ3) is 3.91. The molecular weight excluding hydrogens is 358 g/mol. The van der Waals surface area contributed by atoms with Crippen LogP contribution in [0.3, 0.4) is 0 Å². The molecule has 29 heavy (non-hydrogen) atoms. The van der Waals surface area contributed by atoms with Crippen molar-refractivity contribution in [3.63, 3.8) is 0 Å². The van der Waals surface area contributed by atoms with Gasteiger partial charge in [0.1, 0.15) is 12.4 Å². The second kappa shape index (κ2) is 7.98. The van der Waals surface area contributed by atoms with Gasteiger partial charge >= 0.3 is 0 Å². The summed E-state index contributed by atoms with van der Waals surface area (Å²) >= 11 is 0. The van der Waals surface area contributed by atoms with E-state index in [1.807, 2.05) is 36.4 Å². The number of aromatic nitrogens is 1. The van der Waals surface area contributed by atoms with Gasteiger partial charge in [0.25, 0.3) is 0 Å². The number of hydrogen-bond acceptors (Lipinski definition) is 3. The zero-order chi connectivity index (χ0) is 19.6. The number of benzene rings is 2. The van der Waals surface area contributed by atoms with Crippen LogP contribution in [-0.2, 0) is 13.0 Å². The van der Waals surface area contributed by atoms with Crippen molar-refractivity contribution in [2.75, 3.05) is 0 Å². The lowest BCUT2D eigenvalue weighted by Gasteiger charge is -2.26. The maximum Gasteiger partial charge on any atom is 0.166 e. The third-order valence-electron chi connectivity index (χ3n) is 6.62. The summed E-state index contributed by atoms with van der Waals surface area (Å²) in [5, 5.41) is 1.13. The van der Waals surface area contributed by atoms with Gasteiger partial charge in [-0.05, 0) is 55.0 Å². The van der Waals surface area contributed by atoms with Crippen molar-refractivity contribution in [3.8, 4) is 5.75 Å². The maximum absolute atomic E-state index is 13.1. The number of aryl methyl sites for hydroxylation is 1. The smallest absolute Gasteiger partial charge is 0.166 e. The van der Waals surface area contributed by atoms with E-state index in [1.165, 1.54) is 31.2 Å². The minimum absolute atomic E-state index is 0.197. The highest BCUT2D eigenvalue weighted by Gasteiger charge is 2.30. The summed E-state index contributed by atoms with van der Waals surface area (Å²) in [7, 11) is 0. The summed E-state index contributed by atoms with van der Waals surface area (Å²) in [5.74, 6) is 2.04. The lowest BCUT2D eigenvalue weighted by molar-refractivity contribution is 0.0879. The number of carbonyl (C=O) groups is 1. The summed E-state index contributed by atoms with van der Waals surface area (Å²) in [4.78, 5) is 17.8. The fourth-order valence-corrected chi connectivity index (χ4v) is 4.99. The minimum Gasteiger partial charge on any atom is -0.487 e. The Morgan fingerprint density at radius 3 is 2.72 bits per heavy atom. The lowest BCUT2D eigenvalue weighted by atomic mass is 9.78. The third-order valence-corrected chi connectivity index (χ3v) is 6.62. The molecule has 3 heteroatoms. The summed E-state index contributed by atoms with van der Waals surface area (Å²) in [6, 6.07) is 18.2. The summed E-state index contributed by atoms with van der Waals surface area (Å²) < 4.78 is 6.01. The molecule has 3 nitrogen and oxygen atoms in total. The molecule has 0 aliphatic heterocycles. The molecule has 0 N–H and O–H groups in total. The number of carbonyl (C=O) groups excluding carboxylic acids is 1. The Labute approximate surface area is 172 Å². The zero-order valence-electron chi connectivity index (χ0n) is 16.8. The quantitative estimate of drug-likeness (QED) is 0.529. The van der Waals surface area contributed by atoms with E-state index in [1.54, 1.807) is 0 Å². The molecule has 2 aliphatic rings. The van der Waals surface area contributed by atoms with Crippen LogP contribution in [0.2, 0.25) is 0 Å². The number of Topliss-reactive ketones (excluding diaryl/α,β-unsaturated/α-hetero) is 1. The molecule has 0 bridgehead atoms. The molecule has 1 unspecified atom stereocenters. The monoisotopic (exact) mass is 385 g/mol. The van der Waals surface area contributed by atoms with Gasteiger partial charge in [-0.15, -0.1) is 0 Å². The van der Waals surface area contributed by atoms with Crippen LogP contribution in [-0.4, -0.2) is 10.8 Å². The van der Waals surface area contributed by atoms with E-state index in [-0.39, 0.29) is 5.92 Å². The molecule has 0 spiro atoms. The highest BCUT2D eigenvalue weighted by atomic mass is 16.5. The molecule has 5 rings (SSSR count). The van der Waals surface area contributed by atoms with E-state index >= 15 is 0 Å². The van der Waals surface area contributed by atoms with E-state index in [9.17, 15) is 4.79 Å². The Morgan fingerprint density at radius 1 is 0.966 bits per heavy atom. The van der Waals surface area contributed by atoms with Gasteiger partial charge < -0.3 is 4.74 Å². The lowest BCUT2D eigenvalue weighted by Crippen LogP contribution is -2.24. The zero-order valence-corrected chi connectivity index (χ0v) is 16.8. The van der Waals surface area contributed by atoms with Crippen LogP contribution in [0.5, 0.6) is 5.75 Å². The average molecular weight is 386 g/mol. The maximum atomic E-state index is 13.1. The normalized spacial score (nSPS) is 19.4. The fraction of sp³-hybridized carbons (Fsp3) is 0.385. The van der Waals surface area contributed by atoms with Crippen LogP contribution >= 0.6 is 0 Å². The second-order valence-corrected chi connectivity index (χ2v) is 8.59. The average Bonchev–Trinajstić information content (AvgIpc) is 3.27. The molecule has 1 fully saturated rings. The molecule has 148 valence electrons. The second-order valence-electron chi connectivity index (χ2n) is 8.59. The van der Waals surface area contributed by atoms with Gasteiger partial charge in [0.05, 0.1) is 11.2 Å². The SMILES string of the molecule is O=C1c2cc(OCc3ccc4ccccc4n3)ccc2CCC1CC1CCCC1. The number of ether oxygens (including phenoxy) is 1. The highest BCUT2D eigenvalue weighted by Crippen LogP contribution is 2.36. The first-order chi connectivity index (χ1) is 14.3. The van der Waals surface area contributed by atoms with Crippen molar-refractivity contribution >= 4 is 16.7 Å². The first-order valence-corrected chi connectivity index (χ1v) is 10.9. The molecule has 0 radical (unpaired) electrons. The van der Waals surface area contributed by atoms with Crippen LogP contribution in [0, 0.1) is 11.8 Å². The van der Waals surface area contributed by atoms with Crippen molar-refractivity contribution in [1.82, 2.24) is 4.98 Å². The Hall–Kier alpha value is -2.68. The van der Waals surface area contributed by atoms with Crippen molar-refractivity contribution in [2.24, 2.45) is 11.8 Å². The minimum atomic E-state index is 0.197. The summed E-state index contributed by atoms with van der Waals surface area (Å²) in [5.41, 5.74) is 3.92. The number of rotatable bonds is 5. The number of ketones is 1. The van der Waals surface area contributed by atoms with Crippen molar-refractivity contribution in [1.29, 1.82) is 0 Å². The Bertz CT molecular complexity index is 1040. The molecule has 3 aromatic rings. The Kier molecular flexibility index (Phi) is 5.05. The van der Waals surface area contributed by atoms with E-state index in [2.05, 4.69) is 23.2 Å². The first kappa shape index (κ1) is 18.4. The molecule has 1 saturated carbocycles. The first-order valence-electron chi connectivity index (χ1n) is 10.9. The highest BCUT2D eigenvalue weighted by molar-refractivity contribution is 6.00. The van der Waals surface area contributed by atoms with Gasteiger partial charge in [0, 0.05) is 16.9 Å². The van der Waals surface area contributed by atoms with E-state index in [4.69, 9.17) is 4.74 Å². The van der Waals surface area contributed by atoms with Crippen molar-refractivity contribution in [2.45, 2.75) is 51.6 Å². The van der Waals surface area contributed by atoms with E-state index in [0.717, 1.165) is 53.1 Å². The van der Waals surface area contributed by atoms with E-state index < -0.39 is 0 Å². The molecule has 0 saturated heterocycles. The van der Waals surface area contributed by atoms with Crippen LogP contribution in [0.1, 0.15) is 60.1 Å². The number of para-hydroxylation sites is 1. The predicted octanol–water partition coefficient (Wildman–Crippen LogP) is 6.14. The number of fused-ring (bicyclic) bond motifs is 2. The predicted molar refractivity (Wildman–Crippen MR) is 115 cm³/mol. The molecule has 1 heterocycles. The fourth-order valence-electron chi connectivity index (χ4n) is 4.99. The number of nitrogens with zero attached hydrogens (tertiary/aromatic N) is 1. The van der Waals surface area contributed by atoms with Gasteiger partial charge in [-0.25, -0.2) is 4.98 Å². The van der Waals surface area contributed by atoms with Gasteiger partial charge in [-0.3, -0.25) is 4.79 Å². The molecule has 0 amide bonds. The van der Waals surface area contributed by atoms with Crippen molar-refractivity contribution < 1.29 is 9.53 Å². The largest absolute Gasteiger partial charge is 0.487 e. The van der Waals surface area contributed by atoms with Crippen LogP contribution in [0.25, 0.3) is 10.9 Å². The molecule has 2 aliphatic carbocycles. The van der Waals surface area contributed by atoms with Gasteiger partial charge in [0.15, 0.2) is 5.78 Å². The van der Waals surface area contributed by atoms with E-state index in [0.29, 0.717) is 12.4 Å². The Balaban J connectivity index is 1.29.